The van der Waals surface area contributed by atoms with E-state index >= 15 is 0 Å². The topological polar surface area (TPSA) is 72.8 Å². The molecule has 1 N–H and O–H groups in total. The molecule has 3 fully saturated rings. The van der Waals surface area contributed by atoms with Gasteiger partial charge in [-0.2, -0.15) is 0 Å². The van der Waals surface area contributed by atoms with E-state index in [1.165, 1.54) is 19.4 Å². The molecule has 0 aromatic carbocycles. The van der Waals surface area contributed by atoms with Crippen LogP contribution in [0.15, 0.2) is 11.6 Å². The van der Waals surface area contributed by atoms with Gasteiger partial charge in [0, 0.05) is 26.2 Å². The minimum atomic E-state index is -1.32. The van der Waals surface area contributed by atoms with Crippen molar-refractivity contribution in [2.24, 2.45) is 34.5 Å². The van der Waals surface area contributed by atoms with Crippen LogP contribution in [0.1, 0.15) is 79.6 Å². The Morgan fingerprint density at radius 3 is 2.47 bits per heavy atom. The summed E-state index contributed by atoms with van der Waals surface area (Å²) >= 11 is 0. The molecule has 5 nitrogen and oxygen atoms in total. The van der Waals surface area contributed by atoms with Crippen LogP contribution in [0.3, 0.4) is 0 Å². The highest BCUT2D eigenvalue weighted by molar-refractivity contribution is 5.66. The third kappa shape index (κ3) is 3.59. The fourth-order valence-electron chi connectivity index (χ4n) is 8.37. The molecule has 0 radical (unpaired) electrons. The van der Waals surface area contributed by atoms with Crippen LogP contribution in [0.25, 0.3) is 0 Å². The Balaban J connectivity index is 1.65. The summed E-state index contributed by atoms with van der Waals surface area (Å²) in [5, 5.41) is 11.2. The number of ether oxygens (including phenoxy) is 2. The van der Waals surface area contributed by atoms with E-state index in [9.17, 15) is 14.7 Å². The second-order valence-electron chi connectivity index (χ2n) is 11.4. The highest BCUT2D eigenvalue weighted by Gasteiger charge is 2.65. The Morgan fingerprint density at radius 1 is 1.16 bits per heavy atom. The van der Waals surface area contributed by atoms with Crippen LogP contribution in [-0.2, 0) is 19.1 Å². The van der Waals surface area contributed by atoms with Crippen molar-refractivity contribution in [3.05, 3.63) is 11.6 Å². The summed E-state index contributed by atoms with van der Waals surface area (Å²) < 4.78 is 11.3. The first-order chi connectivity index (χ1) is 14.9. The number of aliphatic hydroxyl groups is 1. The van der Waals surface area contributed by atoms with Gasteiger partial charge >= 0.3 is 11.9 Å². The number of fused-ring (bicyclic) bond motifs is 5. The summed E-state index contributed by atoms with van der Waals surface area (Å²) in [5.41, 5.74) is 0.0674. The van der Waals surface area contributed by atoms with E-state index in [4.69, 9.17) is 15.9 Å². The number of esters is 2. The predicted molar refractivity (Wildman–Crippen MR) is 121 cm³/mol. The molecule has 9 atom stereocenters. The summed E-state index contributed by atoms with van der Waals surface area (Å²) in [6.07, 6.45) is 14.4. The first-order valence-corrected chi connectivity index (χ1v) is 12.2. The van der Waals surface area contributed by atoms with E-state index in [-0.39, 0.29) is 40.9 Å². The van der Waals surface area contributed by atoms with Gasteiger partial charge in [0.2, 0.25) is 0 Å². The Kier molecular flexibility index (Phi) is 5.77. The van der Waals surface area contributed by atoms with Crippen molar-refractivity contribution in [2.75, 3.05) is 0 Å². The van der Waals surface area contributed by atoms with Gasteiger partial charge in [0.15, 0.2) is 0 Å². The van der Waals surface area contributed by atoms with Crippen LogP contribution in [0.5, 0.6) is 0 Å². The Hall–Kier alpha value is -1.80. The minimum absolute atomic E-state index is 0.00725. The molecule has 0 heterocycles. The summed E-state index contributed by atoms with van der Waals surface area (Å²) in [5.74, 6) is 3.19. The van der Waals surface area contributed by atoms with E-state index in [0.29, 0.717) is 17.8 Å². The molecule has 5 heteroatoms. The lowest BCUT2D eigenvalue weighted by Gasteiger charge is -2.58. The molecule has 0 saturated heterocycles. The second kappa shape index (κ2) is 7.90. The highest BCUT2D eigenvalue weighted by Crippen LogP contribution is 2.67. The first kappa shape index (κ1) is 23.4. The van der Waals surface area contributed by atoms with Crippen molar-refractivity contribution in [3.8, 4) is 12.3 Å². The molecule has 0 aromatic heterocycles. The van der Waals surface area contributed by atoms with Crippen molar-refractivity contribution < 1.29 is 24.2 Å². The third-order valence-corrected chi connectivity index (χ3v) is 9.61. The molecule has 0 amide bonds. The number of carbonyl (C=O) groups excluding carboxylic acids is 2. The normalized spacial score (nSPS) is 44.6. The maximum Gasteiger partial charge on any atom is 0.302 e. The molecule has 3 saturated carbocycles. The van der Waals surface area contributed by atoms with Gasteiger partial charge in [-0.3, -0.25) is 9.59 Å². The summed E-state index contributed by atoms with van der Waals surface area (Å²) in [4.78, 5) is 23.4. The molecule has 176 valence electrons. The smallest absolute Gasteiger partial charge is 0.302 e. The van der Waals surface area contributed by atoms with E-state index in [2.05, 4.69) is 25.8 Å². The number of terminal acetylenes is 1. The van der Waals surface area contributed by atoms with Gasteiger partial charge in [-0.1, -0.05) is 31.4 Å². The predicted octanol–water partition coefficient (Wildman–Crippen LogP) is 4.42. The van der Waals surface area contributed by atoms with Crippen LogP contribution in [0.4, 0.5) is 0 Å². The fourth-order valence-corrected chi connectivity index (χ4v) is 8.37. The van der Waals surface area contributed by atoms with E-state index in [0.717, 1.165) is 44.9 Å². The first-order valence-electron chi connectivity index (χ1n) is 12.2. The van der Waals surface area contributed by atoms with E-state index < -0.39 is 5.60 Å². The average Bonchev–Trinajstić information content (AvgIpc) is 2.99. The number of carbonyl (C=O) groups is 2. The molecule has 0 spiro atoms. The zero-order chi connectivity index (χ0) is 23.5. The van der Waals surface area contributed by atoms with Gasteiger partial charge < -0.3 is 14.6 Å². The lowest BCUT2D eigenvalue weighted by Crippen LogP contribution is -2.53. The standard InChI is InChI=1S/C27H38O5/c1-7-27(6,30)24-23(32-17(3)29)15-22-20-9-8-18-14-19(31-16(2)28)10-12-25(18,4)21(20)11-13-26(22,24)5/h1,8,19-24,30H,9-15H2,2-6H3/t19-,20+,21-,22-,23+,24-,25-,26-,27-/m0/s1. The molecule has 4 rings (SSSR count). The van der Waals surface area contributed by atoms with Crippen LogP contribution in [0, 0.1) is 46.8 Å². The van der Waals surface area contributed by atoms with Crippen LogP contribution in [-0.4, -0.2) is 34.9 Å². The highest BCUT2D eigenvalue weighted by atomic mass is 16.5. The number of hydrogen-bond donors (Lipinski definition) is 1. The summed E-state index contributed by atoms with van der Waals surface area (Å²) in [6.45, 7) is 9.28. The van der Waals surface area contributed by atoms with Crippen LogP contribution < -0.4 is 0 Å². The van der Waals surface area contributed by atoms with Gasteiger partial charge in [-0.15, -0.1) is 6.42 Å². The minimum Gasteiger partial charge on any atom is -0.462 e. The van der Waals surface area contributed by atoms with Crippen molar-refractivity contribution in [2.45, 2.75) is 97.4 Å². The molecule has 0 bridgehead atoms. The Bertz CT molecular complexity index is 866. The number of allylic oxidation sites excluding steroid dienone is 1. The maximum absolute atomic E-state index is 11.9. The van der Waals surface area contributed by atoms with Gasteiger partial charge in [0.05, 0.1) is 0 Å². The molecule has 4 aliphatic rings. The van der Waals surface area contributed by atoms with Gasteiger partial charge in [-0.05, 0) is 74.0 Å². The Labute approximate surface area is 192 Å². The zero-order valence-corrected chi connectivity index (χ0v) is 20.1. The molecule has 0 aromatic rings. The molecular formula is C27H38O5. The number of rotatable bonds is 3. The Morgan fingerprint density at radius 2 is 1.84 bits per heavy atom. The third-order valence-electron chi connectivity index (χ3n) is 9.61. The van der Waals surface area contributed by atoms with Crippen molar-refractivity contribution in [3.63, 3.8) is 0 Å². The average molecular weight is 443 g/mol. The van der Waals surface area contributed by atoms with E-state index in [1.54, 1.807) is 6.92 Å². The summed E-state index contributed by atoms with van der Waals surface area (Å²) in [6, 6.07) is 0. The quantitative estimate of drug-likeness (QED) is 0.398. The van der Waals surface area contributed by atoms with E-state index in [1.807, 2.05) is 0 Å². The van der Waals surface area contributed by atoms with Crippen LogP contribution in [0.2, 0.25) is 0 Å². The lowest BCUT2D eigenvalue weighted by molar-refractivity contribution is -0.155. The zero-order valence-electron chi connectivity index (χ0n) is 20.1. The van der Waals surface area contributed by atoms with Gasteiger partial charge in [0.1, 0.15) is 17.8 Å². The van der Waals surface area contributed by atoms with Gasteiger partial charge in [-0.25, -0.2) is 0 Å². The van der Waals surface area contributed by atoms with Crippen LogP contribution >= 0.6 is 0 Å². The van der Waals surface area contributed by atoms with Gasteiger partial charge in [0.25, 0.3) is 0 Å². The molecule has 32 heavy (non-hydrogen) atoms. The molecule has 4 aliphatic carbocycles. The number of hydrogen-bond acceptors (Lipinski definition) is 5. The second-order valence-corrected chi connectivity index (χ2v) is 11.4. The molecule has 0 aliphatic heterocycles. The maximum atomic E-state index is 11.9. The monoisotopic (exact) mass is 442 g/mol. The summed E-state index contributed by atoms with van der Waals surface area (Å²) in [7, 11) is 0. The SMILES string of the molecule is C#C[C@](C)(O)[C@H]1[C@H](OC(C)=O)C[C@H]2[C@@H]3CC=C4C[C@@H](OC(C)=O)CC[C@]4(C)[C@H]3CC[C@@]21C. The van der Waals surface area contributed by atoms with Crippen molar-refractivity contribution in [1.29, 1.82) is 0 Å². The largest absolute Gasteiger partial charge is 0.462 e. The lowest BCUT2D eigenvalue weighted by atomic mass is 9.47. The van der Waals surface area contributed by atoms with Crippen molar-refractivity contribution in [1.82, 2.24) is 0 Å². The fraction of sp³-hybridized carbons (Fsp3) is 0.778. The molecule has 0 unspecified atom stereocenters. The molecular weight excluding hydrogens is 404 g/mol. The van der Waals surface area contributed by atoms with Crippen molar-refractivity contribution >= 4 is 11.9 Å².